The number of furan rings is 1. The minimum Gasteiger partial charge on any atom is -0.456 e. The van der Waals surface area contributed by atoms with E-state index in [1.165, 1.54) is 40.3 Å². The Bertz CT molecular complexity index is 3440. The molecule has 258 valence electrons. The molecule has 8 aromatic carbocycles. The Morgan fingerprint density at radius 1 is 0.364 bits per heavy atom. The van der Waals surface area contributed by atoms with Crippen molar-refractivity contribution in [1.29, 1.82) is 0 Å². The Morgan fingerprint density at radius 3 is 1.84 bits per heavy atom. The molecule has 55 heavy (non-hydrogen) atoms. The monoisotopic (exact) mass is 740 g/mol. The predicted octanol–water partition coefficient (Wildman–Crippen LogP) is 15.3. The Kier molecular flexibility index (Phi) is 6.64. The Balaban J connectivity index is 0.962. The van der Waals surface area contributed by atoms with Gasteiger partial charge in [0.25, 0.3) is 0 Å². The third kappa shape index (κ3) is 4.92. The van der Waals surface area contributed by atoms with E-state index in [0.29, 0.717) is 11.5 Å². The van der Waals surface area contributed by atoms with E-state index in [4.69, 9.17) is 13.8 Å². The smallest absolute Gasteiger partial charge is 0.227 e. The lowest BCUT2D eigenvalue weighted by molar-refractivity contribution is 0.617. The van der Waals surface area contributed by atoms with E-state index in [1.807, 2.05) is 59.1 Å². The fourth-order valence-electron chi connectivity index (χ4n) is 8.04. The summed E-state index contributed by atoms with van der Waals surface area (Å²) >= 11 is 3.70. The lowest BCUT2D eigenvalue weighted by atomic mass is 10.0. The summed E-state index contributed by atoms with van der Waals surface area (Å²) in [5.74, 6) is 0.606. The van der Waals surface area contributed by atoms with Crippen LogP contribution in [0.15, 0.2) is 179 Å². The van der Waals surface area contributed by atoms with Gasteiger partial charge in [0.15, 0.2) is 5.58 Å². The van der Waals surface area contributed by atoms with Crippen molar-refractivity contribution in [3.05, 3.63) is 170 Å². The van der Waals surface area contributed by atoms with E-state index in [1.54, 1.807) is 0 Å². The predicted molar refractivity (Wildman–Crippen MR) is 233 cm³/mol. The molecule has 0 saturated carbocycles. The third-order valence-corrected chi connectivity index (χ3v) is 13.0. The summed E-state index contributed by atoms with van der Waals surface area (Å²) in [6, 6.07) is 60.5. The van der Waals surface area contributed by atoms with Crippen LogP contribution in [0.4, 0.5) is 17.1 Å². The van der Waals surface area contributed by atoms with Gasteiger partial charge in [-0.2, -0.15) is 0 Å². The first-order valence-electron chi connectivity index (χ1n) is 18.3. The first-order chi connectivity index (χ1) is 27.2. The van der Waals surface area contributed by atoms with E-state index in [0.717, 1.165) is 61.2 Å². The fourth-order valence-corrected chi connectivity index (χ4v) is 10.3. The zero-order chi connectivity index (χ0) is 36.0. The second-order valence-corrected chi connectivity index (χ2v) is 16.1. The lowest BCUT2D eigenvalue weighted by Crippen LogP contribution is -2.09. The fraction of sp³-hybridized carbons (Fsp3) is 0. The van der Waals surface area contributed by atoms with Crippen LogP contribution < -0.4 is 4.90 Å². The minimum absolute atomic E-state index is 0.606. The summed E-state index contributed by atoms with van der Waals surface area (Å²) in [4.78, 5) is 7.21. The molecule has 0 atom stereocenters. The van der Waals surface area contributed by atoms with Gasteiger partial charge in [-0.15, -0.1) is 22.7 Å². The topological polar surface area (TPSA) is 42.4 Å². The van der Waals surface area contributed by atoms with Gasteiger partial charge in [0.05, 0.1) is 0 Å². The maximum absolute atomic E-state index is 6.32. The molecule has 12 rings (SSSR count). The van der Waals surface area contributed by atoms with Crippen LogP contribution in [0, 0.1) is 0 Å². The molecular formula is C49H28N2O2S2. The Labute approximate surface area is 322 Å². The molecule has 0 aliphatic rings. The SMILES string of the molecule is c1ccc(-c2nc3cc4c(cc3o2)oc2ccc(-c3ccc(N(c5ccc6c(c5)sc5ccccc56)c5ccc6sc7ccccc7c6c5)cc3)cc24)cc1. The number of thiophene rings is 2. The average molecular weight is 741 g/mol. The van der Waals surface area contributed by atoms with E-state index in [2.05, 4.69) is 138 Å². The molecule has 0 amide bonds. The number of fused-ring (bicyclic) bond motifs is 10. The summed E-state index contributed by atoms with van der Waals surface area (Å²) in [5.41, 5.74) is 9.71. The standard InChI is InChI=1S/C49H28N2O2S2/c1-2-8-30(9-3-1)49-50-41-27-39-38-24-31(16-22-42(38)52-43(39)28-44(41)53-49)29-14-17-32(18-15-29)51(33-20-23-47-40(25-33)36-11-5-7-13-46(36)54-47)34-19-21-37-35-10-4-6-12-45(35)55-48(37)26-34/h1-28H. The van der Waals surface area contributed by atoms with Crippen LogP contribution in [0.5, 0.6) is 0 Å². The summed E-state index contributed by atoms with van der Waals surface area (Å²) in [5, 5.41) is 7.25. The molecule has 0 unspecified atom stereocenters. The van der Waals surface area contributed by atoms with Gasteiger partial charge in [0.2, 0.25) is 5.89 Å². The molecule has 0 N–H and O–H groups in total. The number of hydrogen-bond donors (Lipinski definition) is 0. The van der Waals surface area contributed by atoms with Crippen molar-refractivity contribution in [2.24, 2.45) is 0 Å². The van der Waals surface area contributed by atoms with Crippen molar-refractivity contribution in [2.75, 3.05) is 4.90 Å². The normalized spacial score (nSPS) is 12.0. The zero-order valence-corrected chi connectivity index (χ0v) is 30.8. The van der Waals surface area contributed by atoms with Crippen LogP contribution in [0.3, 0.4) is 0 Å². The number of anilines is 3. The van der Waals surface area contributed by atoms with Crippen LogP contribution in [0.1, 0.15) is 0 Å². The van der Waals surface area contributed by atoms with E-state index >= 15 is 0 Å². The molecule has 0 bridgehead atoms. The van der Waals surface area contributed by atoms with E-state index in [-0.39, 0.29) is 0 Å². The van der Waals surface area contributed by atoms with E-state index < -0.39 is 0 Å². The van der Waals surface area contributed by atoms with Crippen molar-refractivity contribution >= 4 is 113 Å². The van der Waals surface area contributed by atoms with E-state index in [9.17, 15) is 0 Å². The number of oxazole rings is 1. The average Bonchev–Trinajstić information content (AvgIpc) is 4.01. The summed E-state index contributed by atoms with van der Waals surface area (Å²) in [6.07, 6.45) is 0. The first kappa shape index (κ1) is 30.7. The van der Waals surface area contributed by atoms with Crippen LogP contribution >= 0.6 is 22.7 Å². The van der Waals surface area contributed by atoms with Gasteiger partial charge in [-0.1, -0.05) is 78.9 Å². The van der Waals surface area contributed by atoms with Gasteiger partial charge in [-0.3, -0.25) is 0 Å². The molecule has 4 heterocycles. The molecule has 0 spiro atoms. The molecular weight excluding hydrogens is 713 g/mol. The number of aromatic nitrogens is 1. The van der Waals surface area contributed by atoms with Crippen molar-refractivity contribution in [3.63, 3.8) is 0 Å². The number of benzene rings is 8. The highest BCUT2D eigenvalue weighted by atomic mass is 32.1. The van der Waals surface area contributed by atoms with Crippen molar-refractivity contribution in [2.45, 2.75) is 0 Å². The van der Waals surface area contributed by atoms with Crippen LogP contribution in [0.2, 0.25) is 0 Å². The molecule has 0 aliphatic carbocycles. The molecule has 0 radical (unpaired) electrons. The summed E-state index contributed by atoms with van der Waals surface area (Å²) in [6.45, 7) is 0. The number of nitrogens with zero attached hydrogens (tertiary/aromatic N) is 2. The summed E-state index contributed by atoms with van der Waals surface area (Å²) < 4.78 is 17.7. The van der Waals surface area contributed by atoms with Crippen molar-refractivity contribution in [3.8, 4) is 22.6 Å². The quantitative estimate of drug-likeness (QED) is 0.176. The highest BCUT2D eigenvalue weighted by Crippen LogP contribution is 2.44. The molecule has 4 nitrogen and oxygen atoms in total. The second kappa shape index (κ2) is 11.9. The minimum atomic E-state index is 0.606. The highest BCUT2D eigenvalue weighted by Gasteiger charge is 2.18. The molecule has 0 aliphatic heterocycles. The first-order valence-corrected chi connectivity index (χ1v) is 19.9. The van der Waals surface area contributed by atoms with Crippen molar-refractivity contribution in [1.82, 2.24) is 4.98 Å². The second-order valence-electron chi connectivity index (χ2n) is 14.0. The number of hydrogen-bond acceptors (Lipinski definition) is 6. The van der Waals surface area contributed by atoms with Crippen LogP contribution in [-0.4, -0.2) is 4.98 Å². The van der Waals surface area contributed by atoms with Crippen LogP contribution in [-0.2, 0) is 0 Å². The van der Waals surface area contributed by atoms with Gasteiger partial charge in [-0.05, 0) is 96.1 Å². The zero-order valence-electron chi connectivity index (χ0n) is 29.2. The number of rotatable bonds is 5. The molecule has 12 aromatic rings. The third-order valence-electron chi connectivity index (χ3n) is 10.7. The maximum Gasteiger partial charge on any atom is 0.227 e. The van der Waals surface area contributed by atoms with Gasteiger partial charge >= 0.3 is 0 Å². The molecule has 0 fully saturated rings. The largest absolute Gasteiger partial charge is 0.456 e. The Morgan fingerprint density at radius 2 is 1.00 bits per heavy atom. The van der Waals surface area contributed by atoms with Gasteiger partial charge in [0.1, 0.15) is 16.7 Å². The lowest BCUT2D eigenvalue weighted by Gasteiger charge is -2.26. The van der Waals surface area contributed by atoms with Gasteiger partial charge in [0, 0.05) is 79.8 Å². The Hall–Kier alpha value is -6.73. The van der Waals surface area contributed by atoms with Crippen molar-refractivity contribution < 1.29 is 8.83 Å². The van der Waals surface area contributed by atoms with Crippen LogP contribution in [0.25, 0.3) is 96.0 Å². The molecule has 6 heteroatoms. The van der Waals surface area contributed by atoms with Gasteiger partial charge < -0.3 is 13.7 Å². The summed E-state index contributed by atoms with van der Waals surface area (Å²) in [7, 11) is 0. The molecule has 4 aromatic heterocycles. The highest BCUT2D eigenvalue weighted by molar-refractivity contribution is 7.26. The maximum atomic E-state index is 6.32. The molecule has 0 saturated heterocycles. The van der Waals surface area contributed by atoms with Gasteiger partial charge in [-0.25, -0.2) is 4.98 Å².